The van der Waals surface area contributed by atoms with Crippen LogP contribution in [-0.2, 0) is 0 Å². The zero-order chi connectivity index (χ0) is 34.4. The van der Waals surface area contributed by atoms with Crippen LogP contribution in [0.1, 0.15) is 0 Å². The van der Waals surface area contributed by atoms with Gasteiger partial charge in [0.2, 0.25) is 0 Å². The van der Waals surface area contributed by atoms with Crippen molar-refractivity contribution in [3.63, 3.8) is 0 Å². The molecule has 10 aromatic rings. The number of rotatable bonds is 7. The molecule has 0 aliphatic carbocycles. The normalized spacial score (nSPS) is 11.5. The molecule has 0 aliphatic heterocycles. The Morgan fingerprint density at radius 1 is 0.308 bits per heavy atom. The number of hydrogen-bond donors (Lipinski definition) is 0. The molecule has 2 aromatic heterocycles. The Balaban J connectivity index is 1.10. The van der Waals surface area contributed by atoms with Gasteiger partial charge in [0.1, 0.15) is 11.2 Å². The van der Waals surface area contributed by atoms with E-state index in [-0.39, 0.29) is 0 Å². The fourth-order valence-corrected chi connectivity index (χ4v) is 8.51. The summed E-state index contributed by atoms with van der Waals surface area (Å²) in [6.45, 7) is 0. The first-order chi connectivity index (χ1) is 25.8. The van der Waals surface area contributed by atoms with E-state index in [2.05, 4.69) is 192 Å². The molecule has 0 bridgehead atoms. The molecule has 246 valence electrons. The Morgan fingerprint density at radius 3 is 1.54 bits per heavy atom. The highest BCUT2D eigenvalue weighted by Gasteiger charge is 2.19. The summed E-state index contributed by atoms with van der Waals surface area (Å²) in [7, 11) is 0. The van der Waals surface area contributed by atoms with E-state index in [0.29, 0.717) is 0 Å². The largest absolute Gasteiger partial charge is 0.456 e. The highest BCUT2D eigenvalue weighted by molar-refractivity contribution is 7.25. The summed E-state index contributed by atoms with van der Waals surface area (Å²) in [6, 6.07) is 69.0. The number of hydrogen-bond acceptors (Lipinski definition) is 4. The lowest BCUT2D eigenvalue weighted by atomic mass is 10.0. The lowest BCUT2D eigenvalue weighted by Crippen LogP contribution is -2.09. The molecule has 3 nitrogen and oxygen atoms in total. The Hall–Kier alpha value is -6.62. The Kier molecular flexibility index (Phi) is 7.33. The molecule has 2 heterocycles. The first-order valence-electron chi connectivity index (χ1n) is 17.5. The summed E-state index contributed by atoms with van der Waals surface area (Å²) in [5, 5.41) is 4.76. The molecule has 10 rings (SSSR count). The van der Waals surface area contributed by atoms with E-state index in [1.165, 1.54) is 31.3 Å². The van der Waals surface area contributed by atoms with Crippen molar-refractivity contribution in [1.82, 2.24) is 0 Å². The van der Waals surface area contributed by atoms with E-state index in [1.807, 2.05) is 23.5 Å². The van der Waals surface area contributed by atoms with Gasteiger partial charge in [0.05, 0.1) is 0 Å². The van der Waals surface area contributed by atoms with Crippen molar-refractivity contribution >= 4 is 87.6 Å². The molecule has 0 N–H and O–H groups in total. The van der Waals surface area contributed by atoms with Gasteiger partial charge in [-0.15, -0.1) is 11.3 Å². The van der Waals surface area contributed by atoms with Gasteiger partial charge in [-0.3, -0.25) is 0 Å². The van der Waals surface area contributed by atoms with Crippen molar-refractivity contribution in [2.24, 2.45) is 0 Å². The number of benzene rings is 8. The van der Waals surface area contributed by atoms with Crippen molar-refractivity contribution in [3.05, 3.63) is 194 Å². The number of nitrogens with zero attached hydrogens (tertiary/aromatic N) is 2. The summed E-state index contributed by atoms with van der Waals surface area (Å²) in [5.41, 5.74) is 10.6. The number of anilines is 6. The van der Waals surface area contributed by atoms with Crippen molar-refractivity contribution in [3.8, 4) is 11.1 Å². The van der Waals surface area contributed by atoms with E-state index in [9.17, 15) is 0 Å². The summed E-state index contributed by atoms with van der Waals surface area (Å²) in [6.07, 6.45) is 0. The van der Waals surface area contributed by atoms with E-state index < -0.39 is 0 Å². The van der Waals surface area contributed by atoms with Crippen LogP contribution in [0.2, 0.25) is 0 Å². The average molecular weight is 685 g/mol. The van der Waals surface area contributed by atoms with Crippen LogP contribution in [0.5, 0.6) is 0 Å². The number of furan rings is 1. The van der Waals surface area contributed by atoms with Crippen molar-refractivity contribution in [2.45, 2.75) is 0 Å². The van der Waals surface area contributed by atoms with Gasteiger partial charge in [-0.1, -0.05) is 103 Å². The molecule has 0 radical (unpaired) electrons. The average Bonchev–Trinajstić information content (AvgIpc) is 3.77. The quantitative estimate of drug-likeness (QED) is 0.167. The van der Waals surface area contributed by atoms with Crippen LogP contribution in [0.15, 0.2) is 199 Å². The predicted octanol–water partition coefficient (Wildman–Crippen LogP) is 14.6. The van der Waals surface area contributed by atoms with E-state index in [4.69, 9.17) is 4.42 Å². The molecule has 4 heteroatoms. The molecule has 8 aromatic carbocycles. The summed E-state index contributed by atoms with van der Waals surface area (Å²) in [5.74, 6) is 0. The molecular weight excluding hydrogens is 653 g/mol. The smallest absolute Gasteiger partial charge is 0.137 e. The number of para-hydroxylation sites is 2. The van der Waals surface area contributed by atoms with Crippen LogP contribution >= 0.6 is 11.3 Å². The minimum atomic E-state index is 0.854. The topological polar surface area (TPSA) is 19.6 Å². The van der Waals surface area contributed by atoms with Gasteiger partial charge in [-0.2, -0.15) is 0 Å². The van der Waals surface area contributed by atoms with Crippen molar-refractivity contribution < 1.29 is 4.42 Å². The second kappa shape index (κ2) is 12.6. The van der Waals surface area contributed by atoms with Gasteiger partial charge in [0.25, 0.3) is 0 Å². The van der Waals surface area contributed by atoms with Gasteiger partial charge in [0, 0.05) is 71.1 Å². The SMILES string of the molecule is c1ccc(-c2ccc(N(c3ccc4c(c3)sc3ccccc34)c3ccc4oc5cc(N(c6ccccc6)c6ccccc6)ccc5c4c3)cc2)cc1. The molecule has 0 aliphatic rings. The molecule has 52 heavy (non-hydrogen) atoms. The maximum absolute atomic E-state index is 6.57. The van der Waals surface area contributed by atoms with Gasteiger partial charge in [-0.05, 0) is 96.1 Å². The molecule has 0 fully saturated rings. The van der Waals surface area contributed by atoms with Gasteiger partial charge >= 0.3 is 0 Å². The van der Waals surface area contributed by atoms with Gasteiger partial charge in [0.15, 0.2) is 0 Å². The fourth-order valence-electron chi connectivity index (χ4n) is 7.37. The first kappa shape index (κ1) is 30.2. The molecule has 0 spiro atoms. The van der Waals surface area contributed by atoms with Crippen LogP contribution in [-0.4, -0.2) is 0 Å². The summed E-state index contributed by atoms with van der Waals surface area (Å²) < 4.78 is 9.15. The van der Waals surface area contributed by atoms with E-state index in [0.717, 1.165) is 56.1 Å². The Labute approximate surface area is 305 Å². The van der Waals surface area contributed by atoms with Crippen LogP contribution < -0.4 is 9.80 Å². The molecular formula is C48H32N2OS. The van der Waals surface area contributed by atoms with Crippen LogP contribution in [0.3, 0.4) is 0 Å². The highest BCUT2D eigenvalue weighted by Crippen LogP contribution is 2.44. The second-order valence-corrected chi connectivity index (χ2v) is 14.1. The standard InChI is InChI=1S/C48H32N2OS/c1-4-12-33(13-5-1)34-20-22-37(23-21-34)50(40-25-28-43-42-18-10-11-19-47(42)52-48(43)32-40)38-26-29-45-44(30-38)41-27-24-39(31-46(41)51-45)49(35-14-6-2-7-15-35)36-16-8-3-9-17-36/h1-32H. The summed E-state index contributed by atoms with van der Waals surface area (Å²) >= 11 is 1.84. The number of fused-ring (bicyclic) bond motifs is 6. The fraction of sp³-hybridized carbons (Fsp3) is 0. The van der Waals surface area contributed by atoms with Gasteiger partial charge < -0.3 is 14.2 Å². The minimum Gasteiger partial charge on any atom is -0.456 e. The zero-order valence-electron chi connectivity index (χ0n) is 28.2. The van der Waals surface area contributed by atoms with Crippen LogP contribution in [0, 0.1) is 0 Å². The zero-order valence-corrected chi connectivity index (χ0v) is 29.0. The predicted molar refractivity (Wildman–Crippen MR) is 221 cm³/mol. The molecule has 0 amide bonds. The third kappa shape index (κ3) is 5.29. The van der Waals surface area contributed by atoms with E-state index in [1.54, 1.807) is 0 Å². The van der Waals surface area contributed by atoms with Gasteiger partial charge in [-0.25, -0.2) is 0 Å². The molecule has 0 atom stereocenters. The lowest BCUT2D eigenvalue weighted by Gasteiger charge is -2.26. The lowest BCUT2D eigenvalue weighted by molar-refractivity contribution is 0.669. The highest BCUT2D eigenvalue weighted by atomic mass is 32.1. The summed E-state index contributed by atoms with van der Waals surface area (Å²) in [4.78, 5) is 4.63. The van der Waals surface area contributed by atoms with Crippen molar-refractivity contribution in [1.29, 1.82) is 0 Å². The maximum atomic E-state index is 6.57. The van der Waals surface area contributed by atoms with Crippen LogP contribution in [0.4, 0.5) is 34.1 Å². The monoisotopic (exact) mass is 684 g/mol. The third-order valence-electron chi connectivity index (χ3n) is 9.84. The molecule has 0 unspecified atom stereocenters. The Morgan fingerprint density at radius 2 is 0.808 bits per heavy atom. The Bertz CT molecular complexity index is 2800. The van der Waals surface area contributed by atoms with Crippen LogP contribution in [0.25, 0.3) is 53.2 Å². The maximum Gasteiger partial charge on any atom is 0.137 e. The second-order valence-electron chi connectivity index (χ2n) is 13.0. The minimum absolute atomic E-state index is 0.854. The van der Waals surface area contributed by atoms with Crippen molar-refractivity contribution in [2.75, 3.05) is 9.80 Å². The first-order valence-corrected chi connectivity index (χ1v) is 18.3. The molecule has 0 saturated carbocycles. The number of thiophene rings is 1. The molecule has 0 saturated heterocycles. The van der Waals surface area contributed by atoms with E-state index >= 15 is 0 Å². The third-order valence-corrected chi connectivity index (χ3v) is 11.0.